The summed E-state index contributed by atoms with van der Waals surface area (Å²) in [6.07, 6.45) is 1.000. The van der Waals surface area contributed by atoms with Crippen molar-refractivity contribution < 1.29 is 8.42 Å². The van der Waals surface area contributed by atoms with Crippen LogP contribution in [0.25, 0.3) is 0 Å². The maximum atomic E-state index is 12.5. The molecule has 0 bridgehead atoms. The van der Waals surface area contributed by atoms with Crippen LogP contribution in [0.5, 0.6) is 0 Å². The molecular formula is C19H21N3O2S. The fourth-order valence-electron chi connectivity index (χ4n) is 3.19. The van der Waals surface area contributed by atoms with Crippen molar-refractivity contribution in [2.75, 3.05) is 13.1 Å². The Balaban J connectivity index is 1.66. The summed E-state index contributed by atoms with van der Waals surface area (Å²) < 4.78 is 29.1. The van der Waals surface area contributed by atoms with E-state index in [0.29, 0.717) is 25.9 Å². The number of nitriles is 1. The van der Waals surface area contributed by atoms with Crippen LogP contribution in [-0.2, 0) is 22.2 Å². The van der Waals surface area contributed by atoms with E-state index >= 15 is 0 Å². The highest BCUT2D eigenvalue weighted by Crippen LogP contribution is 2.35. The van der Waals surface area contributed by atoms with Crippen LogP contribution in [0.4, 0.5) is 0 Å². The minimum atomic E-state index is -3.55. The fourth-order valence-corrected chi connectivity index (χ4v) is 4.39. The topological polar surface area (TPSA) is 73.2 Å². The molecule has 1 N–H and O–H groups in total. The first kappa shape index (κ1) is 17.6. The maximum Gasteiger partial charge on any atom is 0.279 e. The van der Waals surface area contributed by atoms with Crippen LogP contribution >= 0.6 is 0 Å². The minimum Gasteiger partial charge on any atom is -0.198 e. The monoisotopic (exact) mass is 355 g/mol. The van der Waals surface area contributed by atoms with E-state index < -0.39 is 15.6 Å². The Morgan fingerprint density at radius 3 is 2.12 bits per heavy atom. The van der Waals surface area contributed by atoms with Crippen molar-refractivity contribution >= 4 is 10.2 Å². The molecular weight excluding hydrogens is 334 g/mol. The predicted octanol–water partition coefficient (Wildman–Crippen LogP) is 2.58. The van der Waals surface area contributed by atoms with Gasteiger partial charge in [0.15, 0.2) is 0 Å². The van der Waals surface area contributed by atoms with E-state index in [4.69, 9.17) is 0 Å². The molecule has 0 unspecified atom stereocenters. The van der Waals surface area contributed by atoms with Gasteiger partial charge in [0, 0.05) is 19.6 Å². The van der Waals surface area contributed by atoms with Gasteiger partial charge in [0.05, 0.1) is 11.5 Å². The van der Waals surface area contributed by atoms with Gasteiger partial charge in [-0.15, -0.1) is 0 Å². The van der Waals surface area contributed by atoms with Crippen LogP contribution in [0.3, 0.4) is 0 Å². The van der Waals surface area contributed by atoms with Gasteiger partial charge in [-0.1, -0.05) is 60.7 Å². The lowest BCUT2D eigenvalue weighted by molar-refractivity contribution is 0.274. The Kier molecular flexibility index (Phi) is 5.19. The first-order valence-corrected chi connectivity index (χ1v) is 9.75. The van der Waals surface area contributed by atoms with Gasteiger partial charge in [-0.3, -0.25) is 0 Å². The molecule has 5 nitrogen and oxygen atoms in total. The number of hydrogen-bond donors (Lipinski definition) is 1. The van der Waals surface area contributed by atoms with E-state index in [2.05, 4.69) is 10.8 Å². The molecule has 25 heavy (non-hydrogen) atoms. The summed E-state index contributed by atoms with van der Waals surface area (Å²) in [6.45, 7) is 0.945. The van der Waals surface area contributed by atoms with Gasteiger partial charge in [-0.2, -0.15) is 22.7 Å². The molecule has 0 aromatic heterocycles. The molecule has 0 radical (unpaired) electrons. The van der Waals surface area contributed by atoms with Crippen molar-refractivity contribution in [3.05, 3.63) is 71.8 Å². The number of piperidine rings is 1. The quantitative estimate of drug-likeness (QED) is 0.896. The lowest BCUT2D eigenvalue weighted by Gasteiger charge is -2.36. The minimum absolute atomic E-state index is 0.266. The van der Waals surface area contributed by atoms with Crippen LogP contribution in [0.1, 0.15) is 24.0 Å². The van der Waals surface area contributed by atoms with E-state index in [1.165, 1.54) is 4.31 Å². The zero-order valence-electron chi connectivity index (χ0n) is 13.9. The molecule has 2 aromatic carbocycles. The van der Waals surface area contributed by atoms with Crippen molar-refractivity contribution in [1.82, 2.24) is 9.03 Å². The summed E-state index contributed by atoms with van der Waals surface area (Å²) >= 11 is 0. The van der Waals surface area contributed by atoms with Gasteiger partial charge in [-0.05, 0) is 24.0 Å². The molecule has 0 saturated carbocycles. The van der Waals surface area contributed by atoms with E-state index in [1.54, 1.807) is 0 Å². The number of rotatable bonds is 5. The predicted molar refractivity (Wildman–Crippen MR) is 96.7 cm³/mol. The molecule has 0 amide bonds. The highest BCUT2D eigenvalue weighted by molar-refractivity contribution is 7.87. The molecule has 0 atom stereocenters. The van der Waals surface area contributed by atoms with Gasteiger partial charge >= 0.3 is 0 Å². The third kappa shape index (κ3) is 3.90. The summed E-state index contributed by atoms with van der Waals surface area (Å²) in [5, 5.41) is 9.70. The number of nitrogens with one attached hydrogen (secondary N) is 1. The molecule has 1 fully saturated rings. The molecule has 3 rings (SSSR count). The maximum absolute atomic E-state index is 12.5. The highest BCUT2D eigenvalue weighted by Gasteiger charge is 2.39. The molecule has 1 saturated heterocycles. The second kappa shape index (κ2) is 7.36. The zero-order valence-corrected chi connectivity index (χ0v) is 14.7. The molecule has 1 aliphatic rings. The fraction of sp³-hybridized carbons (Fsp3) is 0.316. The SMILES string of the molecule is N#CC1(c2ccccc2)CCN(S(=O)(=O)NCc2ccccc2)CC1. The van der Waals surface area contributed by atoms with E-state index in [-0.39, 0.29) is 6.54 Å². The van der Waals surface area contributed by atoms with Gasteiger partial charge in [0.2, 0.25) is 0 Å². The van der Waals surface area contributed by atoms with Gasteiger partial charge in [0.1, 0.15) is 0 Å². The van der Waals surface area contributed by atoms with Crippen molar-refractivity contribution in [2.45, 2.75) is 24.8 Å². The summed E-state index contributed by atoms with van der Waals surface area (Å²) in [5.74, 6) is 0. The van der Waals surface area contributed by atoms with Gasteiger partial charge < -0.3 is 0 Å². The third-order valence-electron chi connectivity index (χ3n) is 4.76. The Labute approximate surface area is 149 Å². The highest BCUT2D eigenvalue weighted by atomic mass is 32.2. The van der Waals surface area contributed by atoms with E-state index in [1.807, 2.05) is 60.7 Å². The average Bonchev–Trinajstić information content (AvgIpc) is 2.68. The summed E-state index contributed by atoms with van der Waals surface area (Å²) in [5.41, 5.74) is 1.28. The molecule has 2 aromatic rings. The summed E-state index contributed by atoms with van der Waals surface area (Å²) in [4.78, 5) is 0. The Hall–Kier alpha value is -2.20. The van der Waals surface area contributed by atoms with Crippen LogP contribution in [0.2, 0.25) is 0 Å². The van der Waals surface area contributed by atoms with Crippen molar-refractivity contribution in [3.63, 3.8) is 0 Å². The molecule has 6 heteroatoms. The lowest BCUT2D eigenvalue weighted by atomic mass is 9.74. The van der Waals surface area contributed by atoms with Crippen LogP contribution in [-0.4, -0.2) is 25.8 Å². The third-order valence-corrected chi connectivity index (χ3v) is 6.31. The molecule has 0 aliphatic carbocycles. The molecule has 1 aliphatic heterocycles. The number of nitrogens with zero attached hydrogens (tertiary/aromatic N) is 2. The molecule has 1 heterocycles. The second-order valence-electron chi connectivity index (χ2n) is 6.27. The summed E-state index contributed by atoms with van der Waals surface area (Å²) in [6, 6.07) is 21.5. The number of benzene rings is 2. The Bertz CT molecular complexity index is 837. The van der Waals surface area contributed by atoms with Crippen LogP contribution < -0.4 is 4.72 Å². The normalized spacial score (nSPS) is 17.7. The molecule has 130 valence electrons. The summed E-state index contributed by atoms with van der Waals surface area (Å²) in [7, 11) is -3.55. The average molecular weight is 355 g/mol. The number of hydrogen-bond acceptors (Lipinski definition) is 3. The van der Waals surface area contributed by atoms with E-state index in [0.717, 1.165) is 11.1 Å². The van der Waals surface area contributed by atoms with Crippen molar-refractivity contribution in [3.8, 4) is 6.07 Å². The molecule has 0 spiro atoms. The van der Waals surface area contributed by atoms with Crippen molar-refractivity contribution in [2.24, 2.45) is 0 Å². The van der Waals surface area contributed by atoms with Crippen LogP contribution in [0, 0.1) is 11.3 Å². The van der Waals surface area contributed by atoms with E-state index in [9.17, 15) is 13.7 Å². The first-order valence-electron chi connectivity index (χ1n) is 8.31. The van der Waals surface area contributed by atoms with Crippen LogP contribution in [0.15, 0.2) is 60.7 Å². The second-order valence-corrected chi connectivity index (χ2v) is 8.03. The standard InChI is InChI=1S/C19H21N3O2S/c20-16-19(18-9-5-2-6-10-18)11-13-22(14-12-19)25(23,24)21-15-17-7-3-1-4-8-17/h1-10,21H,11-15H2. The Morgan fingerprint density at radius 2 is 1.56 bits per heavy atom. The Morgan fingerprint density at radius 1 is 1.00 bits per heavy atom. The largest absolute Gasteiger partial charge is 0.279 e. The lowest BCUT2D eigenvalue weighted by Crippen LogP contribution is -2.48. The van der Waals surface area contributed by atoms with Crippen molar-refractivity contribution in [1.29, 1.82) is 5.26 Å². The smallest absolute Gasteiger partial charge is 0.198 e. The first-order chi connectivity index (χ1) is 12.1. The zero-order chi connectivity index (χ0) is 17.8. The van der Waals surface area contributed by atoms with Gasteiger partial charge in [-0.25, -0.2) is 0 Å². The van der Waals surface area contributed by atoms with Gasteiger partial charge in [0.25, 0.3) is 10.2 Å².